The molecule has 0 bridgehead atoms. The van der Waals surface area contributed by atoms with Gasteiger partial charge in [-0.1, -0.05) is 0 Å². The number of rotatable bonds is 6. The maximum Gasteiger partial charge on any atom is 0.445 e. The number of hydrogen-bond acceptors (Lipinski definition) is 6. The highest BCUT2D eigenvalue weighted by molar-refractivity contribution is 5.94. The molecule has 2 heterocycles. The van der Waals surface area contributed by atoms with Crippen LogP contribution in [0.4, 0.5) is 13.2 Å². The topological polar surface area (TPSA) is 139 Å². The zero-order chi connectivity index (χ0) is 24.4. The Balaban J connectivity index is 2.01. The zero-order valence-corrected chi connectivity index (χ0v) is 18.1. The quantitative estimate of drug-likeness (QED) is 0.380. The summed E-state index contributed by atoms with van der Waals surface area (Å²) in [4.78, 5) is 52.1. The molecule has 2 saturated heterocycles. The molecule has 0 spiro atoms. The fraction of sp³-hybridized carbons (Fsp3) is 0.789. The number of amides is 4. The Kier molecular flexibility index (Phi) is 7.76. The molecule has 2 fully saturated rings. The van der Waals surface area contributed by atoms with Crippen molar-refractivity contribution in [2.24, 2.45) is 0 Å². The third-order valence-electron chi connectivity index (χ3n) is 5.91. The van der Waals surface area contributed by atoms with Gasteiger partial charge in [-0.05, 0) is 39.5 Å². The van der Waals surface area contributed by atoms with Crippen molar-refractivity contribution in [2.45, 2.75) is 82.6 Å². The molecule has 0 aromatic heterocycles. The zero-order valence-electron chi connectivity index (χ0n) is 18.1. The van der Waals surface area contributed by atoms with E-state index in [2.05, 4.69) is 5.32 Å². The molecule has 182 valence electrons. The van der Waals surface area contributed by atoms with Gasteiger partial charge in [0.1, 0.15) is 18.1 Å². The SMILES string of the molecule is CC(=O)N1CCC[C@H]1C(=O)N[C@@H](C)C(=O)N1CCC[C@H]1C(=O)NC(C)C(O)(O)C(F)(F)F. The van der Waals surface area contributed by atoms with Crippen molar-refractivity contribution in [1.82, 2.24) is 20.4 Å². The number of carbonyl (C=O) groups excluding carboxylic acids is 4. The Morgan fingerprint density at radius 3 is 1.88 bits per heavy atom. The van der Waals surface area contributed by atoms with Gasteiger partial charge in [-0.15, -0.1) is 0 Å². The summed E-state index contributed by atoms with van der Waals surface area (Å²) in [6, 6.07) is -4.92. The first kappa shape index (κ1) is 25.8. The van der Waals surface area contributed by atoms with Crippen molar-refractivity contribution in [3.8, 4) is 0 Å². The average Bonchev–Trinajstić information content (AvgIpc) is 3.35. The average molecular weight is 466 g/mol. The van der Waals surface area contributed by atoms with E-state index in [0.717, 1.165) is 11.8 Å². The van der Waals surface area contributed by atoms with E-state index in [-0.39, 0.29) is 18.9 Å². The van der Waals surface area contributed by atoms with Crippen LogP contribution in [0, 0.1) is 0 Å². The fourth-order valence-electron chi connectivity index (χ4n) is 4.00. The van der Waals surface area contributed by atoms with Crippen molar-refractivity contribution in [1.29, 1.82) is 0 Å². The molecule has 0 aromatic rings. The van der Waals surface area contributed by atoms with Crippen LogP contribution >= 0.6 is 0 Å². The molecule has 0 aliphatic carbocycles. The number of hydrogen-bond donors (Lipinski definition) is 4. The van der Waals surface area contributed by atoms with Gasteiger partial charge in [0.05, 0.1) is 6.04 Å². The molecule has 4 amide bonds. The number of nitrogens with one attached hydrogen (secondary N) is 2. The van der Waals surface area contributed by atoms with Crippen LogP contribution in [0.25, 0.3) is 0 Å². The van der Waals surface area contributed by atoms with E-state index < -0.39 is 53.9 Å². The standard InChI is InChI=1S/C19H29F3N4O6/c1-10(23-15(28)13-6-4-8-25(13)12(3)27)17(30)26-9-5-7-14(26)16(29)24-11(2)18(31,32)19(20,21)22/h10-11,13-14,31-32H,4-9H2,1-3H3,(H,23,28)(H,24,29)/t10-,11?,13-,14-/m0/s1. The fourth-order valence-corrected chi connectivity index (χ4v) is 4.00. The molecule has 0 saturated carbocycles. The molecular weight excluding hydrogens is 437 g/mol. The highest BCUT2D eigenvalue weighted by Gasteiger charge is 2.57. The summed E-state index contributed by atoms with van der Waals surface area (Å²) in [5.41, 5.74) is 0. The summed E-state index contributed by atoms with van der Waals surface area (Å²) in [6.45, 7) is 4.15. The lowest BCUT2D eigenvalue weighted by atomic mass is 10.1. The second kappa shape index (κ2) is 9.61. The van der Waals surface area contributed by atoms with E-state index in [1.807, 2.05) is 5.32 Å². The summed E-state index contributed by atoms with van der Waals surface area (Å²) in [5.74, 6) is -6.46. The first-order valence-corrected chi connectivity index (χ1v) is 10.4. The van der Waals surface area contributed by atoms with Gasteiger partial charge >= 0.3 is 6.18 Å². The third-order valence-corrected chi connectivity index (χ3v) is 5.91. The number of carbonyl (C=O) groups is 4. The summed E-state index contributed by atoms with van der Waals surface area (Å²) in [6.07, 6.45) is -3.70. The normalized spacial score (nSPS) is 23.6. The van der Waals surface area contributed by atoms with E-state index in [9.17, 15) is 42.6 Å². The van der Waals surface area contributed by atoms with Crippen molar-refractivity contribution in [2.75, 3.05) is 13.1 Å². The highest BCUT2D eigenvalue weighted by atomic mass is 19.4. The minimum atomic E-state index is -5.39. The molecule has 10 nitrogen and oxygen atoms in total. The van der Waals surface area contributed by atoms with Gasteiger partial charge in [0, 0.05) is 20.0 Å². The number of halogens is 3. The van der Waals surface area contributed by atoms with Crippen molar-refractivity contribution in [3.05, 3.63) is 0 Å². The number of nitrogens with zero attached hydrogens (tertiary/aromatic N) is 2. The number of aliphatic hydroxyl groups is 2. The Morgan fingerprint density at radius 2 is 1.38 bits per heavy atom. The molecule has 0 aromatic carbocycles. The van der Waals surface area contributed by atoms with Crippen LogP contribution in [0.1, 0.15) is 46.5 Å². The molecule has 32 heavy (non-hydrogen) atoms. The van der Waals surface area contributed by atoms with E-state index >= 15 is 0 Å². The minimum absolute atomic E-state index is 0.150. The molecule has 2 aliphatic rings. The van der Waals surface area contributed by atoms with E-state index in [0.29, 0.717) is 25.8 Å². The van der Waals surface area contributed by atoms with Crippen molar-refractivity contribution in [3.63, 3.8) is 0 Å². The summed E-state index contributed by atoms with van der Waals surface area (Å²) in [7, 11) is 0. The van der Waals surface area contributed by atoms with Crippen LogP contribution < -0.4 is 10.6 Å². The Bertz CT molecular complexity index is 760. The van der Waals surface area contributed by atoms with E-state index in [4.69, 9.17) is 0 Å². The minimum Gasteiger partial charge on any atom is -0.357 e. The molecule has 4 atom stereocenters. The lowest BCUT2D eigenvalue weighted by Gasteiger charge is -2.33. The van der Waals surface area contributed by atoms with Crippen molar-refractivity contribution < 1.29 is 42.6 Å². The molecule has 2 rings (SSSR count). The molecule has 2 aliphatic heterocycles. The molecule has 13 heteroatoms. The Hall–Kier alpha value is -2.41. The third kappa shape index (κ3) is 5.31. The largest absolute Gasteiger partial charge is 0.445 e. The second-order valence-corrected chi connectivity index (χ2v) is 8.24. The van der Waals surface area contributed by atoms with Gasteiger partial charge in [0.15, 0.2) is 0 Å². The maximum atomic E-state index is 12.8. The van der Waals surface area contributed by atoms with Gasteiger partial charge in [0.25, 0.3) is 5.79 Å². The van der Waals surface area contributed by atoms with Gasteiger partial charge < -0.3 is 30.6 Å². The van der Waals surface area contributed by atoms with Crippen LogP contribution in [-0.4, -0.2) is 92.9 Å². The second-order valence-electron chi connectivity index (χ2n) is 8.24. The van der Waals surface area contributed by atoms with Crippen LogP contribution in [0.15, 0.2) is 0 Å². The van der Waals surface area contributed by atoms with E-state index in [1.165, 1.54) is 18.7 Å². The summed E-state index contributed by atoms with van der Waals surface area (Å²) in [5, 5.41) is 23.1. The molecule has 1 unspecified atom stereocenters. The maximum absolute atomic E-state index is 12.8. The van der Waals surface area contributed by atoms with Gasteiger partial charge in [-0.3, -0.25) is 19.2 Å². The van der Waals surface area contributed by atoms with Crippen LogP contribution in [0.3, 0.4) is 0 Å². The van der Waals surface area contributed by atoms with Crippen LogP contribution in [-0.2, 0) is 19.2 Å². The van der Waals surface area contributed by atoms with Crippen LogP contribution in [0.5, 0.6) is 0 Å². The van der Waals surface area contributed by atoms with Gasteiger partial charge in [0.2, 0.25) is 23.6 Å². The first-order chi connectivity index (χ1) is 14.7. The molecule has 0 radical (unpaired) electrons. The smallest absolute Gasteiger partial charge is 0.357 e. The lowest BCUT2D eigenvalue weighted by Crippen LogP contribution is -2.62. The predicted octanol–water partition coefficient (Wildman–Crippen LogP) is -0.759. The van der Waals surface area contributed by atoms with Crippen LogP contribution in [0.2, 0.25) is 0 Å². The van der Waals surface area contributed by atoms with Crippen molar-refractivity contribution >= 4 is 23.6 Å². The Labute approximate surface area is 183 Å². The highest BCUT2D eigenvalue weighted by Crippen LogP contribution is 2.31. The van der Waals surface area contributed by atoms with E-state index in [1.54, 1.807) is 0 Å². The van der Waals surface area contributed by atoms with Gasteiger partial charge in [-0.2, -0.15) is 13.2 Å². The molecule has 4 N–H and O–H groups in total. The number of alkyl halides is 3. The predicted molar refractivity (Wildman–Crippen MR) is 104 cm³/mol. The molecular formula is C19H29F3N4O6. The first-order valence-electron chi connectivity index (χ1n) is 10.4. The summed E-state index contributed by atoms with van der Waals surface area (Å²) < 4.78 is 38.3. The van der Waals surface area contributed by atoms with Gasteiger partial charge in [-0.25, -0.2) is 0 Å². The summed E-state index contributed by atoms with van der Waals surface area (Å²) >= 11 is 0. The number of likely N-dealkylation sites (tertiary alicyclic amines) is 2. The lowest BCUT2D eigenvalue weighted by molar-refractivity contribution is -0.357. The Morgan fingerprint density at radius 1 is 0.906 bits per heavy atom. The monoisotopic (exact) mass is 466 g/mol.